The van der Waals surface area contributed by atoms with Crippen molar-refractivity contribution in [1.82, 2.24) is 4.90 Å². The van der Waals surface area contributed by atoms with Gasteiger partial charge in [-0.2, -0.15) is 0 Å². The minimum Gasteiger partial charge on any atom is -0.494 e. The Morgan fingerprint density at radius 2 is 1.97 bits per heavy atom. The average molecular weight is 546 g/mol. The molecule has 4 atom stereocenters. The lowest BCUT2D eigenvalue weighted by Gasteiger charge is -2.44. The third-order valence-corrected chi connectivity index (χ3v) is 7.45. The Bertz CT molecular complexity index is 1340. The van der Waals surface area contributed by atoms with Crippen LogP contribution in [0.3, 0.4) is 0 Å². The van der Waals surface area contributed by atoms with Gasteiger partial charge in [0, 0.05) is 23.2 Å². The number of nitrogens with zero attached hydrogens (tertiary/aromatic N) is 1. The van der Waals surface area contributed by atoms with Gasteiger partial charge in [0.2, 0.25) is 0 Å². The molecule has 0 saturated carbocycles. The summed E-state index contributed by atoms with van der Waals surface area (Å²) in [5.41, 5.74) is 6.19. The van der Waals surface area contributed by atoms with Crippen LogP contribution in [0, 0.1) is 5.82 Å². The van der Waals surface area contributed by atoms with Gasteiger partial charge >= 0.3 is 0 Å². The second kappa shape index (κ2) is 10.1. The molecule has 2 heterocycles. The second-order valence-electron chi connectivity index (χ2n) is 9.05. The highest BCUT2D eigenvalue weighted by molar-refractivity contribution is 6.31. The zero-order valence-electron chi connectivity index (χ0n) is 20.0. The highest BCUT2D eigenvalue weighted by Crippen LogP contribution is 2.51. The minimum absolute atomic E-state index is 0.105. The van der Waals surface area contributed by atoms with Gasteiger partial charge in [0.25, 0.3) is 11.6 Å². The Morgan fingerprint density at radius 3 is 2.73 bits per heavy atom. The smallest absolute Gasteiger partial charge is 0.285 e. The standard InChI is InChI=1S/C27H26Cl2FN3O4/c1-2-36-17-6-3-5-15(11-17)13-33-21(14-34)25(31)23(18-7-4-8-19(29)24(18)30)27(33)26(35)32-20-12-16(28)9-10-22(20)37-27/h3-12,21,23,25,34H,2,13-14,31H2,1H3,(H,32,35)/t21?,23-,25-,27-/m0/s1. The first-order chi connectivity index (χ1) is 17.8. The van der Waals surface area contributed by atoms with Crippen LogP contribution in [-0.2, 0) is 11.3 Å². The number of anilines is 1. The predicted molar refractivity (Wildman–Crippen MR) is 140 cm³/mol. The summed E-state index contributed by atoms with van der Waals surface area (Å²) in [6.45, 7) is 2.14. The van der Waals surface area contributed by atoms with Crippen LogP contribution >= 0.6 is 23.2 Å². The van der Waals surface area contributed by atoms with E-state index in [1.165, 1.54) is 12.1 Å². The molecule has 0 aliphatic carbocycles. The van der Waals surface area contributed by atoms with Gasteiger partial charge in [-0.05, 0) is 48.9 Å². The van der Waals surface area contributed by atoms with E-state index in [-0.39, 0.29) is 17.1 Å². The van der Waals surface area contributed by atoms with E-state index in [0.29, 0.717) is 28.8 Å². The Labute approximate surface area is 223 Å². The monoisotopic (exact) mass is 545 g/mol. The molecule has 1 saturated heterocycles. The van der Waals surface area contributed by atoms with Crippen LogP contribution < -0.4 is 20.5 Å². The zero-order chi connectivity index (χ0) is 26.3. The number of carbonyl (C=O) groups is 1. The molecule has 2 aliphatic heterocycles. The second-order valence-corrected chi connectivity index (χ2v) is 9.89. The Morgan fingerprint density at radius 1 is 1.19 bits per heavy atom. The third kappa shape index (κ3) is 4.32. The Balaban J connectivity index is 1.69. The number of halogens is 3. The van der Waals surface area contributed by atoms with Gasteiger partial charge in [-0.25, -0.2) is 9.29 Å². The minimum atomic E-state index is -1.80. The lowest BCUT2D eigenvalue weighted by atomic mass is 9.83. The van der Waals surface area contributed by atoms with Crippen LogP contribution in [0.15, 0.2) is 60.7 Å². The molecule has 1 unspecified atom stereocenters. The van der Waals surface area contributed by atoms with E-state index in [4.69, 9.17) is 38.4 Å². The quantitative estimate of drug-likeness (QED) is 0.420. The van der Waals surface area contributed by atoms with Crippen molar-refractivity contribution in [3.05, 3.63) is 87.7 Å². The van der Waals surface area contributed by atoms with E-state index in [2.05, 4.69) is 5.32 Å². The summed E-state index contributed by atoms with van der Waals surface area (Å²) in [5.74, 6) is -1.26. The topological polar surface area (TPSA) is 97.1 Å². The molecule has 3 aromatic rings. The summed E-state index contributed by atoms with van der Waals surface area (Å²) in [6, 6.07) is 15.2. The van der Waals surface area contributed by atoms with Crippen molar-refractivity contribution in [2.45, 2.75) is 37.2 Å². The molecular weight excluding hydrogens is 520 g/mol. The molecule has 3 aromatic carbocycles. The number of benzene rings is 3. The number of aliphatic hydroxyl groups excluding tert-OH is 1. The van der Waals surface area contributed by atoms with Crippen molar-refractivity contribution in [1.29, 1.82) is 0 Å². The molecular formula is C27H26Cl2FN3O4. The summed E-state index contributed by atoms with van der Waals surface area (Å²) in [4.78, 5) is 15.7. The molecule has 1 amide bonds. The van der Waals surface area contributed by atoms with Crippen LogP contribution in [0.4, 0.5) is 10.1 Å². The molecule has 10 heteroatoms. The number of aliphatic hydroxyl groups is 1. The first kappa shape index (κ1) is 25.8. The zero-order valence-corrected chi connectivity index (χ0v) is 21.5. The first-order valence-corrected chi connectivity index (χ1v) is 12.6. The molecule has 1 spiro atoms. The van der Waals surface area contributed by atoms with Gasteiger partial charge in [0.05, 0.1) is 35.9 Å². The van der Waals surface area contributed by atoms with Crippen molar-refractivity contribution in [2.24, 2.45) is 5.73 Å². The summed E-state index contributed by atoms with van der Waals surface area (Å²) >= 11 is 12.3. The lowest BCUT2D eigenvalue weighted by Crippen LogP contribution is -2.63. The Kier molecular flexibility index (Phi) is 7.04. The number of hydrogen-bond acceptors (Lipinski definition) is 6. The van der Waals surface area contributed by atoms with E-state index < -0.39 is 42.1 Å². The molecule has 194 valence electrons. The number of amides is 1. The maximum Gasteiger partial charge on any atom is 0.285 e. The molecule has 0 aromatic heterocycles. The van der Waals surface area contributed by atoms with Gasteiger partial charge in [-0.3, -0.25) is 4.79 Å². The number of fused-ring (bicyclic) bond motifs is 1. The molecule has 5 rings (SSSR count). The van der Waals surface area contributed by atoms with Gasteiger partial charge in [-0.15, -0.1) is 0 Å². The maximum atomic E-state index is 15.5. The number of likely N-dealkylation sites (tertiary alicyclic amines) is 1. The highest BCUT2D eigenvalue weighted by atomic mass is 35.5. The van der Waals surface area contributed by atoms with Crippen molar-refractivity contribution in [3.63, 3.8) is 0 Å². The van der Waals surface area contributed by atoms with Crippen LogP contribution in [0.1, 0.15) is 24.0 Å². The summed E-state index contributed by atoms with van der Waals surface area (Å²) in [5, 5.41) is 13.7. The molecule has 2 aliphatic rings. The van der Waals surface area contributed by atoms with E-state index in [0.717, 1.165) is 5.56 Å². The highest BCUT2D eigenvalue weighted by Gasteiger charge is 2.66. The fourth-order valence-electron chi connectivity index (χ4n) is 5.36. The Hall–Kier alpha value is -2.88. The van der Waals surface area contributed by atoms with E-state index in [1.807, 2.05) is 31.2 Å². The number of hydrogen-bond donors (Lipinski definition) is 3. The maximum absolute atomic E-state index is 15.5. The van der Waals surface area contributed by atoms with E-state index in [9.17, 15) is 9.90 Å². The van der Waals surface area contributed by atoms with Gasteiger partial charge in [0.15, 0.2) is 0 Å². The normalized spacial score (nSPS) is 25.0. The number of nitrogens with two attached hydrogens (primary N) is 1. The van der Waals surface area contributed by atoms with Crippen molar-refractivity contribution in [2.75, 3.05) is 18.5 Å². The number of rotatable bonds is 6. The van der Waals surface area contributed by atoms with Gasteiger partial charge in [-0.1, -0.05) is 47.5 Å². The SMILES string of the molecule is CCOc1cccc(CN2C(CO)[C@H](N)[C@H](c3cccc(Cl)c3F)[C@@]23Oc2ccc(Cl)cc2NC3=O)c1. The number of ether oxygens (including phenoxy) is 2. The van der Waals surface area contributed by atoms with Crippen molar-refractivity contribution >= 4 is 34.8 Å². The van der Waals surface area contributed by atoms with E-state index in [1.54, 1.807) is 29.2 Å². The van der Waals surface area contributed by atoms with Crippen LogP contribution in [-0.4, -0.2) is 46.9 Å². The summed E-state index contributed by atoms with van der Waals surface area (Å²) < 4.78 is 27.6. The number of nitrogens with one attached hydrogen (secondary N) is 1. The third-order valence-electron chi connectivity index (χ3n) is 6.92. The fraction of sp³-hybridized carbons (Fsp3) is 0.296. The van der Waals surface area contributed by atoms with Crippen LogP contribution in [0.2, 0.25) is 10.0 Å². The van der Waals surface area contributed by atoms with Crippen LogP contribution in [0.5, 0.6) is 11.5 Å². The molecule has 7 nitrogen and oxygen atoms in total. The summed E-state index contributed by atoms with van der Waals surface area (Å²) in [7, 11) is 0. The van der Waals surface area contributed by atoms with Crippen molar-refractivity contribution < 1.29 is 23.8 Å². The lowest BCUT2D eigenvalue weighted by molar-refractivity contribution is -0.154. The average Bonchev–Trinajstić information content (AvgIpc) is 3.09. The largest absolute Gasteiger partial charge is 0.494 e. The fourth-order valence-corrected chi connectivity index (χ4v) is 5.71. The van der Waals surface area contributed by atoms with Gasteiger partial charge in [0.1, 0.15) is 17.3 Å². The first-order valence-electron chi connectivity index (χ1n) is 11.9. The van der Waals surface area contributed by atoms with Crippen LogP contribution in [0.25, 0.3) is 0 Å². The van der Waals surface area contributed by atoms with Crippen molar-refractivity contribution in [3.8, 4) is 11.5 Å². The van der Waals surface area contributed by atoms with Gasteiger partial charge < -0.3 is 25.6 Å². The molecule has 1 fully saturated rings. The molecule has 0 radical (unpaired) electrons. The number of carbonyl (C=O) groups excluding carboxylic acids is 1. The molecule has 4 N–H and O–H groups in total. The molecule has 37 heavy (non-hydrogen) atoms. The molecule has 0 bridgehead atoms. The summed E-state index contributed by atoms with van der Waals surface area (Å²) in [6.07, 6.45) is 0. The predicted octanol–water partition coefficient (Wildman–Crippen LogP) is 4.55. The van der Waals surface area contributed by atoms with E-state index >= 15 is 4.39 Å².